The summed E-state index contributed by atoms with van der Waals surface area (Å²) in [5.41, 5.74) is 2.47. The van der Waals surface area contributed by atoms with E-state index in [1.807, 2.05) is 24.3 Å². The van der Waals surface area contributed by atoms with Crippen LogP contribution in [0.4, 0.5) is 4.39 Å². The number of aliphatic hydroxyl groups excluding tert-OH is 1. The first-order chi connectivity index (χ1) is 14.0. The molecule has 1 heterocycles. The van der Waals surface area contributed by atoms with E-state index >= 15 is 0 Å². The minimum atomic E-state index is -0.423. The lowest BCUT2D eigenvalue weighted by Crippen LogP contribution is -2.37. The van der Waals surface area contributed by atoms with Crippen molar-refractivity contribution in [1.29, 1.82) is 0 Å². The van der Waals surface area contributed by atoms with Crippen molar-refractivity contribution in [3.63, 3.8) is 0 Å². The van der Waals surface area contributed by atoms with Gasteiger partial charge in [-0.2, -0.15) is 0 Å². The van der Waals surface area contributed by atoms with Gasteiger partial charge in [-0.15, -0.1) is 0 Å². The van der Waals surface area contributed by atoms with Crippen LogP contribution < -0.4 is 10.6 Å². The minimum absolute atomic E-state index is 0.150. The van der Waals surface area contributed by atoms with E-state index in [0.29, 0.717) is 12.1 Å². The van der Waals surface area contributed by atoms with Crippen molar-refractivity contribution in [2.75, 3.05) is 19.6 Å². The summed E-state index contributed by atoms with van der Waals surface area (Å²) >= 11 is 0. The van der Waals surface area contributed by atoms with Crippen LogP contribution in [-0.4, -0.2) is 47.6 Å². The zero-order valence-electron chi connectivity index (χ0n) is 16.2. The summed E-state index contributed by atoms with van der Waals surface area (Å²) in [7, 11) is 0. The van der Waals surface area contributed by atoms with Crippen LogP contribution in [0.15, 0.2) is 48.5 Å². The highest BCUT2D eigenvalue weighted by atomic mass is 19.1. The van der Waals surface area contributed by atoms with Crippen LogP contribution in [0.3, 0.4) is 0 Å². The lowest BCUT2D eigenvalue weighted by atomic mass is 10.0. The number of piperidine rings is 1. The number of carbonyl (C=O) groups excluding carboxylic acids is 2. The Morgan fingerprint density at radius 1 is 1.00 bits per heavy atom. The van der Waals surface area contributed by atoms with Crippen LogP contribution in [0.5, 0.6) is 0 Å². The number of benzene rings is 2. The molecule has 0 spiro atoms. The van der Waals surface area contributed by atoms with Gasteiger partial charge in [-0.25, -0.2) is 4.39 Å². The normalized spacial score (nSPS) is 15.1. The monoisotopic (exact) mass is 399 g/mol. The maximum absolute atomic E-state index is 12.9. The molecule has 1 fully saturated rings. The van der Waals surface area contributed by atoms with Gasteiger partial charge >= 0.3 is 0 Å². The van der Waals surface area contributed by atoms with Crippen LogP contribution in [0, 0.1) is 5.82 Å². The van der Waals surface area contributed by atoms with E-state index < -0.39 is 11.7 Å². The van der Waals surface area contributed by atoms with Crippen molar-refractivity contribution >= 4 is 11.8 Å². The molecule has 1 saturated heterocycles. The molecule has 6 nitrogen and oxygen atoms in total. The average molecular weight is 399 g/mol. The van der Waals surface area contributed by atoms with E-state index in [1.165, 1.54) is 24.3 Å². The van der Waals surface area contributed by atoms with E-state index in [2.05, 4.69) is 15.5 Å². The predicted molar refractivity (Wildman–Crippen MR) is 108 cm³/mol. The molecule has 3 rings (SSSR count). The van der Waals surface area contributed by atoms with E-state index in [9.17, 15) is 19.1 Å². The van der Waals surface area contributed by atoms with Gasteiger partial charge in [-0.1, -0.05) is 24.3 Å². The first kappa shape index (κ1) is 21.0. The Balaban J connectivity index is 1.47. The van der Waals surface area contributed by atoms with Gasteiger partial charge in [0.25, 0.3) is 5.91 Å². The lowest BCUT2D eigenvalue weighted by Gasteiger charge is -2.30. The molecule has 154 valence electrons. The van der Waals surface area contributed by atoms with Gasteiger partial charge in [0, 0.05) is 31.7 Å². The van der Waals surface area contributed by atoms with Gasteiger partial charge < -0.3 is 15.7 Å². The Kier molecular flexibility index (Phi) is 7.32. The van der Waals surface area contributed by atoms with E-state index in [1.54, 1.807) is 0 Å². The summed E-state index contributed by atoms with van der Waals surface area (Å²) in [6, 6.07) is 13.1. The zero-order valence-corrected chi connectivity index (χ0v) is 16.2. The molecule has 2 aromatic rings. The molecule has 3 N–H and O–H groups in total. The Bertz CT molecular complexity index is 833. The third-order valence-electron chi connectivity index (χ3n) is 5.06. The molecule has 7 heteroatoms. The number of halogens is 1. The number of carbonyl (C=O) groups is 2. The van der Waals surface area contributed by atoms with Crippen molar-refractivity contribution in [3.05, 3.63) is 71.0 Å². The van der Waals surface area contributed by atoms with Crippen molar-refractivity contribution in [2.24, 2.45) is 0 Å². The number of hydrogen-bond donors (Lipinski definition) is 3. The van der Waals surface area contributed by atoms with Crippen LogP contribution >= 0.6 is 0 Å². The van der Waals surface area contributed by atoms with Gasteiger partial charge in [0.1, 0.15) is 5.82 Å². The molecular weight excluding hydrogens is 373 g/mol. The summed E-state index contributed by atoms with van der Waals surface area (Å²) < 4.78 is 12.9. The Morgan fingerprint density at radius 3 is 2.34 bits per heavy atom. The number of nitrogens with zero attached hydrogens (tertiary/aromatic N) is 1. The fourth-order valence-electron chi connectivity index (χ4n) is 3.32. The highest BCUT2D eigenvalue weighted by Gasteiger charge is 2.18. The molecule has 2 aromatic carbocycles. The summed E-state index contributed by atoms with van der Waals surface area (Å²) in [6.07, 6.45) is 1.37. The second-order valence-corrected chi connectivity index (χ2v) is 7.24. The molecule has 0 aromatic heterocycles. The van der Waals surface area contributed by atoms with E-state index in [4.69, 9.17) is 0 Å². The topological polar surface area (TPSA) is 81.7 Å². The molecule has 1 aliphatic rings. The SMILES string of the molecule is O=C(CNC(=O)c1ccc(F)cc1)NCc1ccccc1CN1CCC(O)CC1. The molecule has 2 amide bonds. The molecule has 0 unspecified atom stereocenters. The van der Waals surface area contributed by atoms with E-state index in [-0.39, 0.29) is 18.6 Å². The van der Waals surface area contributed by atoms with Crippen molar-refractivity contribution in [3.8, 4) is 0 Å². The smallest absolute Gasteiger partial charge is 0.251 e. The maximum atomic E-state index is 12.9. The van der Waals surface area contributed by atoms with Gasteiger partial charge in [0.2, 0.25) is 5.91 Å². The summed E-state index contributed by atoms with van der Waals surface area (Å²) in [5, 5.41) is 15.0. The van der Waals surface area contributed by atoms with Gasteiger partial charge in [-0.05, 0) is 48.2 Å². The fraction of sp³-hybridized carbons (Fsp3) is 0.364. The number of aliphatic hydroxyl groups is 1. The molecule has 0 saturated carbocycles. The number of likely N-dealkylation sites (tertiary alicyclic amines) is 1. The van der Waals surface area contributed by atoms with Crippen LogP contribution in [0.1, 0.15) is 34.3 Å². The largest absolute Gasteiger partial charge is 0.393 e. The highest BCUT2D eigenvalue weighted by Crippen LogP contribution is 2.16. The molecule has 0 radical (unpaired) electrons. The molecule has 0 bridgehead atoms. The number of rotatable bonds is 7. The Hall–Kier alpha value is -2.77. The van der Waals surface area contributed by atoms with Crippen molar-refractivity contribution in [2.45, 2.75) is 32.0 Å². The Morgan fingerprint density at radius 2 is 1.66 bits per heavy atom. The fourth-order valence-corrected chi connectivity index (χ4v) is 3.32. The van der Waals surface area contributed by atoms with Gasteiger partial charge in [0.05, 0.1) is 12.6 Å². The standard InChI is InChI=1S/C22H26FN3O3/c23-19-7-5-16(6-8-19)22(29)25-14-21(28)24-13-17-3-1-2-4-18(17)15-26-11-9-20(27)10-12-26/h1-8,20,27H,9-15H2,(H,24,28)(H,25,29). The average Bonchev–Trinajstić information content (AvgIpc) is 2.73. The van der Waals surface area contributed by atoms with Crippen LogP contribution in [0.25, 0.3) is 0 Å². The Labute approximate surface area is 169 Å². The first-order valence-corrected chi connectivity index (χ1v) is 9.79. The molecule has 29 heavy (non-hydrogen) atoms. The maximum Gasteiger partial charge on any atom is 0.251 e. The zero-order chi connectivity index (χ0) is 20.6. The molecular formula is C22H26FN3O3. The summed E-state index contributed by atoms with van der Waals surface area (Å²) in [5.74, 6) is -1.14. The summed E-state index contributed by atoms with van der Waals surface area (Å²) in [6.45, 7) is 2.72. The lowest BCUT2D eigenvalue weighted by molar-refractivity contribution is -0.120. The number of nitrogens with one attached hydrogen (secondary N) is 2. The van der Waals surface area contributed by atoms with Crippen molar-refractivity contribution < 1.29 is 19.1 Å². The third-order valence-corrected chi connectivity index (χ3v) is 5.06. The quantitative estimate of drug-likeness (QED) is 0.664. The van der Waals surface area contributed by atoms with Crippen molar-refractivity contribution in [1.82, 2.24) is 15.5 Å². The van der Waals surface area contributed by atoms with Gasteiger partial charge in [-0.3, -0.25) is 14.5 Å². The molecule has 1 aliphatic heterocycles. The highest BCUT2D eigenvalue weighted by molar-refractivity contribution is 5.96. The number of hydrogen-bond acceptors (Lipinski definition) is 4. The number of amides is 2. The van der Waals surface area contributed by atoms with E-state index in [0.717, 1.165) is 43.6 Å². The van der Waals surface area contributed by atoms with Crippen LogP contribution in [0.2, 0.25) is 0 Å². The second kappa shape index (κ2) is 10.1. The van der Waals surface area contributed by atoms with Crippen LogP contribution in [-0.2, 0) is 17.9 Å². The van der Waals surface area contributed by atoms with Gasteiger partial charge in [0.15, 0.2) is 0 Å². The molecule has 0 aliphatic carbocycles. The minimum Gasteiger partial charge on any atom is -0.393 e. The first-order valence-electron chi connectivity index (χ1n) is 9.79. The predicted octanol–water partition coefficient (Wildman–Crippen LogP) is 1.83. The third kappa shape index (κ3) is 6.37. The molecule has 0 atom stereocenters. The second-order valence-electron chi connectivity index (χ2n) is 7.24. The summed E-state index contributed by atoms with van der Waals surface area (Å²) in [4.78, 5) is 26.4.